The fourth-order valence-electron chi connectivity index (χ4n) is 8.53. The molecule has 0 saturated carbocycles. The van der Waals surface area contributed by atoms with Gasteiger partial charge < -0.3 is 65.1 Å². The SMILES string of the molecule is CCCCCCCCC/C=C/[C@@H](O)[C@H](CO[C@@H]1O[C@H](CO)[C@@H](O[C@@H]2O[C@H](CO)[C@H](O)C(O)C2O)C(O)C1O)NC(=O)CCCCCCCCCCCCCCCCCCCCCC. The Kier molecular flexibility index (Phi) is 33.8. The highest BCUT2D eigenvalue weighted by Crippen LogP contribution is 2.30. The molecular formula is C49H93NO13. The number of aliphatic hydroxyl groups excluding tert-OH is 8. The Hall–Kier alpha value is -1.27. The van der Waals surface area contributed by atoms with E-state index in [9.17, 15) is 45.6 Å². The molecule has 0 aliphatic carbocycles. The van der Waals surface area contributed by atoms with Gasteiger partial charge in [-0.25, -0.2) is 0 Å². The van der Waals surface area contributed by atoms with Crippen LogP contribution in [0.4, 0.5) is 0 Å². The maximum atomic E-state index is 13.1. The van der Waals surface area contributed by atoms with Crippen molar-refractivity contribution in [3.63, 3.8) is 0 Å². The molecule has 12 atom stereocenters. The summed E-state index contributed by atoms with van der Waals surface area (Å²) >= 11 is 0. The summed E-state index contributed by atoms with van der Waals surface area (Å²) in [6, 6.07) is -0.906. The van der Waals surface area contributed by atoms with Crippen molar-refractivity contribution in [2.24, 2.45) is 0 Å². The zero-order valence-corrected chi connectivity index (χ0v) is 39.3. The van der Waals surface area contributed by atoms with Gasteiger partial charge in [0.15, 0.2) is 12.6 Å². The van der Waals surface area contributed by atoms with Gasteiger partial charge in [0.05, 0.1) is 32.0 Å². The van der Waals surface area contributed by atoms with Crippen molar-refractivity contribution in [1.29, 1.82) is 0 Å². The molecule has 372 valence electrons. The molecule has 2 heterocycles. The number of amides is 1. The van der Waals surface area contributed by atoms with Crippen LogP contribution in [0.25, 0.3) is 0 Å². The Morgan fingerprint density at radius 1 is 0.556 bits per heavy atom. The van der Waals surface area contributed by atoms with E-state index in [0.717, 1.165) is 38.5 Å². The molecule has 0 aromatic heterocycles. The van der Waals surface area contributed by atoms with E-state index in [-0.39, 0.29) is 18.9 Å². The average molecular weight is 904 g/mol. The summed E-state index contributed by atoms with van der Waals surface area (Å²) in [7, 11) is 0. The second-order valence-electron chi connectivity index (χ2n) is 18.3. The molecule has 2 fully saturated rings. The Morgan fingerprint density at radius 3 is 1.46 bits per heavy atom. The molecule has 4 unspecified atom stereocenters. The highest BCUT2D eigenvalue weighted by molar-refractivity contribution is 5.76. The number of hydrogen-bond donors (Lipinski definition) is 9. The lowest BCUT2D eigenvalue weighted by Gasteiger charge is -2.46. The predicted molar refractivity (Wildman–Crippen MR) is 245 cm³/mol. The predicted octanol–water partition coefficient (Wildman–Crippen LogP) is 6.38. The number of nitrogens with one attached hydrogen (secondary N) is 1. The van der Waals surface area contributed by atoms with Crippen molar-refractivity contribution in [2.75, 3.05) is 19.8 Å². The smallest absolute Gasteiger partial charge is 0.220 e. The van der Waals surface area contributed by atoms with Crippen molar-refractivity contribution in [3.8, 4) is 0 Å². The van der Waals surface area contributed by atoms with Crippen molar-refractivity contribution in [1.82, 2.24) is 5.32 Å². The Morgan fingerprint density at radius 2 is 0.984 bits per heavy atom. The first-order valence-corrected chi connectivity index (χ1v) is 25.4. The van der Waals surface area contributed by atoms with Gasteiger partial charge in [-0.05, 0) is 19.3 Å². The fraction of sp³-hybridized carbons (Fsp3) is 0.939. The van der Waals surface area contributed by atoms with Crippen LogP contribution in [-0.4, -0.2) is 140 Å². The number of carbonyl (C=O) groups is 1. The van der Waals surface area contributed by atoms with Crippen LogP contribution >= 0.6 is 0 Å². The minimum atomic E-state index is -1.78. The number of carbonyl (C=O) groups excluding carboxylic acids is 1. The van der Waals surface area contributed by atoms with Gasteiger partial charge in [-0.1, -0.05) is 187 Å². The van der Waals surface area contributed by atoms with Gasteiger partial charge >= 0.3 is 0 Å². The standard InChI is InChI=1S/C49H93NO13/c1-3-5-7-9-11-13-14-15-16-17-18-19-20-21-22-23-25-27-29-31-33-41(54)50-37(38(53)32-30-28-26-24-12-10-8-6-4-2)36-60-48-46(59)44(57)47(40(35-52)62-48)63-49-45(58)43(56)42(55)39(34-51)61-49/h30,32,37-40,42-49,51-53,55-59H,3-29,31,33-36H2,1-2H3,(H,50,54)/b32-30+/t37-,38+,39+,40+,42-,43?,44?,45?,46?,47+,48+,49-/m0/s1. The van der Waals surface area contributed by atoms with Crippen LogP contribution in [-0.2, 0) is 23.7 Å². The van der Waals surface area contributed by atoms with Crippen molar-refractivity contribution in [3.05, 3.63) is 12.2 Å². The van der Waals surface area contributed by atoms with Gasteiger partial charge in [0.25, 0.3) is 0 Å². The fourth-order valence-corrected chi connectivity index (χ4v) is 8.53. The number of aliphatic hydroxyl groups is 8. The highest BCUT2D eigenvalue weighted by Gasteiger charge is 2.51. The number of unbranched alkanes of at least 4 members (excludes halogenated alkanes) is 26. The summed E-state index contributed by atoms with van der Waals surface area (Å²) in [6.45, 7) is 2.76. The summed E-state index contributed by atoms with van der Waals surface area (Å²) < 4.78 is 22.6. The van der Waals surface area contributed by atoms with Crippen LogP contribution in [0.15, 0.2) is 12.2 Å². The molecule has 14 nitrogen and oxygen atoms in total. The van der Waals surface area contributed by atoms with E-state index in [1.165, 1.54) is 135 Å². The summed E-state index contributed by atoms with van der Waals surface area (Å²) in [5.74, 6) is -0.239. The molecule has 0 radical (unpaired) electrons. The molecule has 2 rings (SSSR count). The molecule has 0 aromatic rings. The van der Waals surface area contributed by atoms with Crippen molar-refractivity contribution < 1.29 is 64.6 Å². The summed E-state index contributed by atoms with van der Waals surface area (Å²) in [6.07, 6.45) is 21.3. The Balaban J connectivity index is 1.78. The van der Waals surface area contributed by atoms with Gasteiger partial charge in [0.2, 0.25) is 5.91 Å². The van der Waals surface area contributed by atoms with Crippen LogP contribution in [0.3, 0.4) is 0 Å². The van der Waals surface area contributed by atoms with E-state index in [0.29, 0.717) is 6.42 Å². The van der Waals surface area contributed by atoms with Gasteiger partial charge in [-0.15, -0.1) is 0 Å². The second-order valence-corrected chi connectivity index (χ2v) is 18.3. The van der Waals surface area contributed by atoms with Gasteiger partial charge in [-0.3, -0.25) is 4.79 Å². The van der Waals surface area contributed by atoms with Crippen molar-refractivity contribution >= 4 is 5.91 Å². The lowest BCUT2D eigenvalue weighted by Crippen LogP contribution is -2.65. The van der Waals surface area contributed by atoms with Gasteiger partial charge in [0, 0.05) is 6.42 Å². The van der Waals surface area contributed by atoms with E-state index in [1.54, 1.807) is 6.08 Å². The number of rotatable bonds is 39. The molecule has 0 aromatic carbocycles. The Bertz CT molecular complexity index is 1120. The van der Waals surface area contributed by atoms with E-state index in [4.69, 9.17) is 18.9 Å². The molecule has 0 spiro atoms. The normalized spacial score (nSPS) is 27.5. The molecule has 9 N–H and O–H groups in total. The molecular weight excluding hydrogens is 811 g/mol. The van der Waals surface area contributed by atoms with Gasteiger partial charge in [-0.2, -0.15) is 0 Å². The number of hydrogen-bond acceptors (Lipinski definition) is 13. The van der Waals surface area contributed by atoms with Crippen LogP contribution in [0.1, 0.15) is 200 Å². The summed E-state index contributed by atoms with van der Waals surface area (Å²) in [4.78, 5) is 13.1. The first-order valence-electron chi connectivity index (χ1n) is 25.4. The molecule has 2 saturated heterocycles. The average Bonchev–Trinajstić information content (AvgIpc) is 3.28. The Labute approximate surface area is 380 Å². The minimum absolute atomic E-state index is 0.239. The molecule has 63 heavy (non-hydrogen) atoms. The third kappa shape index (κ3) is 24.4. The first-order chi connectivity index (χ1) is 30.6. The zero-order valence-electron chi connectivity index (χ0n) is 39.3. The lowest BCUT2D eigenvalue weighted by atomic mass is 9.97. The van der Waals surface area contributed by atoms with Gasteiger partial charge in [0.1, 0.15) is 48.8 Å². The second kappa shape index (κ2) is 36.8. The third-order valence-corrected chi connectivity index (χ3v) is 12.7. The molecule has 14 heteroatoms. The zero-order chi connectivity index (χ0) is 46.1. The third-order valence-electron chi connectivity index (χ3n) is 12.7. The van der Waals surface area contributed by atoms with Crippen LogP contribution in [0, 0.1) is 0 Å². The minimum Gasteiger partial charge on any atom is -0.394 e. The molecule has 1 amide bonds. The van der Waals surface area contributed by atoms with Crippen molar-refractivity contribution in [2.45, 2.75) is 274 Å². The van der Waals surface area contributed by atoms with Crippen LogP contribution in [0.2, 0.25) is 0 Å². The van der Waals surface area contributed by atoms with E-state index in [1.807, 2.05) is 6.08 Å². The summed E-state index contributed by atoms with van der Waals surface area (Å²) in [5, 5.41) is 86.5. The molecule has 2 aliphatic heterocycles. The topological polar surface area (TPSA) is 228 Å². The first kappa shape index (κ1) is 57.9. The monoisotopic (exact) mass is 904 g/mol. The lowest BCUT2D eigenvalue weighted by molar-refractivity contribution is -0.359. The largest absolute Gasteiger partial charge is 0.394 e. The van der Waals surface area contributed by atoms with Crippen LogP contribution in [0.5, 0.6) is 0 Å². The maximum Gasteiger partial charge on any atom is 0.220 e. The number of ether oxygens (including phenoxy) is 4. The summed E-state index contributed by atoms with van der Waals surface area (Å²) in [5.41, 5.74) is 0. The van der Waals surface area contributed by atoms with E-state index >= 15 is 0 Å². The molecule has 0 bridgehead atoms. The van der Waals surface area contributed by atoms with E-state index < -0.39 is 86.8 Å². The maximum absolute atomic E-state index is 13.1. The van der Waals surface area contributed by atoms with E-state index in [2.05, 4.69) is 19.2 Å². The number of allylic oxidation sites excluding steroid dienone is 1. The molecule has 2 aliphatic rings. The van der Waals surface area contributed by atoms with Crippen LogP contribution < -0.4 is 5.32 Å². The highest BCUT2D eigenvalue weighted by atomic mass is 16.7. The quantitative estimate of drug-likeness (QED) is 0.0241.